The minimum Gasteiger partial charge on any atom is -0.428 e. The Hall–Kier alpha value is -1.24. The monoisotopic (exact) mass is 240 g/mol. The second-order valence-electron chi connectivity index (χ2n) is 4.42. The summed E-state index contributed by atoms with van der Waals surface area (Å²) in [7, 11) is 1.87. The van der Waals surface area contributed by atoms with Crippen molar-refractivity contribution < 1.29 is 9.53 Å². The lowest BCUT2D eigenvalue weighted by Gasteiger charge is -2.20. The second-order valence-corrected chi connectivity index (χ2v) is 4.42. The highest BCUT2D eigenvalue weighted by Gasteiger charge is 2.14. The minimum absolute atomic E-state index is 0.129. The molecular weight excluding hydrogens is 216 g/mol. The van der Waals surface area contributed by atoms with Crippen LogP contribution in [0.25, 0.3) is 0 Å². The molecule has 0 aliphatic carbocycles. The third-order valence-corrected chi connectivity index (χ3v) is 2.96. The fourth-order valence-electron chi connectivity index (χ4n) is 1.58. The van der Waals surface area contributed by atoms with E-state index >= 15 is 0 Å². The summed E-state index contributed by atoms with van der Waals surface area (Å²) in [5.41, 5.74) is 0. The fraction of sp³-hybridized carbons (Fsp3) is 0.846. The molecule has 0 N–H and O–H groups in total. The van der Waals surface area contributed by atoms with Crippen molar-refractivity contribution in [1.29, 1.82) is 5.26 Å². The van der Waals surface area contributed by atoms with E-state index < -0.39 is 0 Å². The summed E-state index contributed by atoms with van der Waals surface area (Å²) in [6.45, 7) is 5.34. The van der Waals surface area contributed by atoms with Crippen molar-refractivity contribution in [2.45, 2.75) is 46.0 Å². The Morgan fingerprint density at radius 3 is 2.59 bits per heavy atom. The molecule has 0 spiro atoms. The maximum absolute atomic E-state index is 11.7. The first-order valence-corrected chi connectivity index (χ1v) is 6.39. The third-order valence-electron chi connectivity index (χ3n) is 2.96. The average Bonchev–Trinajstić information content (AvgIpc) is 2.35. The van der Waals surface area contributed by atoms with E-state index in [9.17, 15) is 4.79 Å². The number of carbonyl (C=O) groups is 1. The Bertz CT molecular complexity index is 248. The molecule has 0 heterocycles. The molecule has 1 amide bonds. The van der Waals surface area contributed by atoms with E-state index in [1.165, 1.54) is 0 Å². The minimum atomic E-state index is 0.129. The Balaban J connectivity index is 3.48. The first kappa shape index (κ1) is 15.8. The topological polar surface area (TPSA) is 53.3 Å². The van der Waals surface area contributed by atoms with Crippen LogP contribution in [0.3, 0.4) is 0 Å². The van der Waals surface area contributed by atoms with Crippen LogP contribution in [0.15, 0.2) is 0 Å². The van der Waals surface area contributed by atoms with E-state index in [0.29, 0.717) is 6.61 Å². The normalized spacial score (nSPS) is 11.6. The summed E-state index contributed by atoms with van der Waals surface area (Å²) in [5, 5.41) is 8.16. The quantitative estimate of drug-likeness (QED) is 0.459. The summed E-state index contributed by atoms with van der Waals surface area (Å²) < 4.78 is 4.59. The van der Waals surface area contributed by atoms with Gasteiger partial charge in [0, 0.05) is 19.5 Å². The fourth-order valence-corrected chi connectivity index (χ4v) is 1.58. The number of nitrogens with zero attached hydrogens (tertiary/aromatic N) is 2. The molecule has 1 atom stereocenters. The van der Waals surface area contributed by atoms with Gasteiger partial charge in [-0.3, -0.25) is 4.79 Å². The Morgan fingerprint density at radius 2 is 2.00 bits per heavy atom. The molecule has 0 saturated heterocycles. The first-order valence-electron chi connectivity index (χ1n) is 6.39. The molecule has 0 fully saturated rings. The van der Waals surface area contributed by atoms with Crippen molar-refractivity contribution >= 4 is 5.91 Å². The standard InChI is InChI=1S/C13H24N2O2/c1-4-12(2)13(16)15(3)9-7-5-6-8-10-17-11-14/h12H,4-10H2,1-3H3. The molecule has 0 radical (unpaired) electrons. The van der Waals surface area contributed by atoms with Crippen molar-refractivity contribution in [3.8, 4) is 6.26 Å². The van der Waals surface area contributed by atoms with Gasteiger partial charge in [0.05, 0.1) is 0 Å². The number of amides is 1. The maximum Gasteiger partial charge on any atom is 0.286 e. The summed E-state index contributed by atoms with van der Waals surface area (Å²) >= 11 is 0. The van der Waals surface area contributed by atoms with Gasteiger partial charge in [-0.05, 0) is 25.7 Å². The van der Waals surface area contributed by atoms with Crippen molar-refractivity contribution in [1.82, 2.24) is 4.90 Å². The first-order chi connectivity index (χ1) is 8.13. The molecule has 0 rings (SSSR count). The van der Waals surface area contributed by atoms with Crippen molar-refractivity contribution in [3.63, 3.8) is 0 Å². The van der Waals surface area contributed by atoms with Crippen LogP contribution in [-0.4, -0.2) is 31.0 Å². The van der Waals surface area contributed by atoms with Crippen LogP contribution in [0.2, 0.25) is 0 Å². The van der Waals surface area contributed by atoms with Gasteiger partial charge in [-0.2, -0.15) is 5.26 Å². The number of carbonyl (C=O) groups excluding carboxylic acids is 1. The van der Waals surface area contributed by atoms with E-state index in [0.717, 1.165) is 38.6 Å². The molecule has 0 aromatic heterocycles. The van der Waals surface area contributed by atoms with E-state index in [2.05, 4.69) is 4.74 Å². The highest BCUT2D eigenvalue weighted by molar-refractivity contribution is 5.78. The van der Waals surface area contributed by atoms with E-state index in [-0.39, 0.29) is 11.8 Å². The van der Waals surface area contributed by atoms with E-state index in [1.54, 1.807) is 6.26 Å². The lowest BCUT2D eigenvalue weighted by Crippen LogP contribution is -2.32. The zero-order valence-corrected chi connectivity index (χ0v) is 11.2. The zero-order valence-electron chi connectivity index (χ0n) is 11.2. The molecule has 0 aliphatic heterocycles. The number of unbranched alkanes of at least 4 members (excludes halogenated alkanes) is 3. The van der Waals surface area contributed by atoms with Gasteiger partial charge in [0.1, 0.15) is 6.61 Å². The predicted molar refractivity (Wildman–Crippen MR) is 67.1 cm³/mol. The molecule has 0 bridgehead atoms. The Labute approximate surface area is 105 Å². The van der Waals surface area contributed by atoms with Crippen LogP contribution in [-0.2, 0) is 9.53 Å². The smallest absolute Gasteiger partial charge is 0.286 e. The van der Waals surface area contributed by atoms with Gasteiger partial charge in [-0.1, -0.05) is 20.3 Å². The maximum atomic E-state index is 11.7. The second kappa shape index (κ2) is 9.95. The van der Waals surface area contributed by atoms with E-state index in [4.69, 9.17) is 5.26 Å². The van der Waals surface area contributed by atoms with Crippen LogP contribution in [0.4, 0.5) is 0 Å². The lowest BCUT2D eigenvalue weighted by atomic mass is 10.1. The SMILES string of the molecule is CCC(C)C(=O)N(C)CCCCCCOC#N. The Kier molecular flexibility index (Phi) is 9.22. The van der Waals surface area contributed by atoms with Crippen LogP contribution < -0.4 is 0 Å². The van der Waals surface area contributed by atoms with Crippen LogP contribution in [0.5, 0.6) is 0 Å². The number of nitriles is 1. The lowest BCUT2D eigenvalue weighted by molar-refractivity contribution is -0.133. The van der Waals surface area contributed by atoms with Gasteiger partial charge in [0.2, 0.25) is 5.91 Å². The molecule has 0 saturated carbocycles. The molecule has 0 aromatic rings. The van der Waals surface area contributed by atoms with Gasteiger partial charge >= 0.3 is 0 Å². The predicted octanol–water partition coefficient (Wildman–Crippen LogP) is 2.55. The number of hydrogen-bond acceptors (Lipinski definition) is 3. The number of ether oxygens (including phenoxy) is 1. The van der Waals surface area contributed by atoms with Crippen LogP contribution >= 0.6 is 0 Å². The highest BCUT2D eigenvalue weighted by Crippen LogP contribution is 2.07. The zero-order chi connectivity index (χ0) is 13.1. The largest absolute Gasteiger partial charge is 0.428 e. The molecule has 1 unspecified atom stereocenters. The summed E-state index contributed by atoms with van der Waals surface area (Å²) in [5.74, 6) is 0.365. The summed E-state index contributed by atoms with van der Waals surface area (Å²) in [6.07, 6.45) is 6.61. The van der Waals surface area contributed by atoms with Gasteiger partial charge in [0.25, 0.3) is 6.26 Å². The molecular formula is C13H24N2O2. The highest BCUT2D eigenvalue weighted by atomic mass is 16.5. The van der Waals surface area contributed by atoms with Gasteiger partial charge in [0.15, 0.2) is 0 Å². The third kappa shape index (κ3) is 7.62. The van der Waals surface area contributed by atoms with Crippen LogP contribution in [0.1, 0.15) is 46.0 Å². The Morgan fingerprint density at radius 1 is 1.35 bits per heavy atom. The van der Waals surface area contributed by atoms with Gasteiger partial charge in [-0.25, -0.2) is 0 Å². The molecule has 4 heteroatoms. The molecule has 4 nitrogen and oxygen atoms in total. The average molecular weight is 240 g/mol. The number of rotatable bonds is 9. The summed E-state index contributed by atoms with van der Waals surface area (Å²) in [6, 6.07) is 0. The van der Waals surface area contributed by atoms with Crippen LogP contribution in [0, 0.1) is 17.4 Å². The van der Waals surface area contributed by atoms with Crippen molar-refractivity contribution in [2.24, 2.45) is 5.92 Å². The van der Waals surface area contributed by atoms with Gasteiger partial charge < -0.3 is 9.64 Å². The molecule has 0 aliphatic rings. The summed E-state index contributed by atoms with van der Waals surface area (Å²) in [4.78, 5) is 13.6. The number of hydrogen-bond donors (Lipinski definition) is 0. The van der Waals surface area contributed by atoms with Crippen molar-refractivity contribution in [2.75, 3.05) is 20.2 Å². The van der Waals surface area contributed by atoms with Gasteiger partial charge in [-0.15, -0.1) is 0 Å². The van der Waals surface area contributed by atoms with Crippen molar-refractivity contribution in [3.05, 3.63) is 0 Å². The van der Waals surface area contributed by atoms with E-state index in [1.807, 2.05) is 25.8 Å². The molecule has 17 heavy (non-hydrogen) atoms. The molecule has 0 aromatic carbocycles. The molecule has 98 valence electrons.